The van der Waals surface area contributed by atoms with Crippen LogP contribution < -0.4 is 15.6 Å². The number of carboxylic acid groups (broad SMARTS) is 1. The van der Waals surface area contributed by atoms with E-state index in [0.717, 1.165) is 22.9 Å². The predicted molar refractivity (Wildman–Crippen MR) is 115 cm³/mol. The minimum atomic E-state index is -1.65. The number of piperazine rings is 1. The maximum Gasteiger partial charge on any atom is 0.341 e. The second-order valence-corrected chi connectivity index (χ2v) is 8.34. The summed E-state index contributed by atoms with van der Waals surface area (Å²) in [5.41, 5.74) is -3.42. The summed E-state index contributed by atoms with van der Waals surface area (Å²) in [6, 6.07) is 2.28. The molecule has 33 heavy (non-hydrogen) atoms. The molecule has 0 bridgehead atoms. The first kappa shape index (κ1) is 22.8. The Kier molecular flexibility index (Phi) is 5.65. The molecule has 2 atom stereocenters. The largest absolute Gasteiger partial charge is 0.477 e. The van der Waals surface area contributed by atoms with Crippen molar-refractivity contribution in [2.45, 2.75) is 32.9 Å². The molecule has 2 aromatic carbocycles. The Bertz CT molecular complexity index is 1350. The Morgan fingerprint density at radius 3 is 2.30 bits per heavy atom. The Morgan fingerprint density at radius 2 is 1.73 bits per heavy atom. The number of halogens is 4. The van der Waals surface area contributed by atoms with Gasteiger partial charge in [-0.05, 0) is 32.9 Å². The Hall–Kier alpha value is -3.40. The van der Waals surface area contributed by atoms with E-state index in [-0.39, 0.29) is 42.1 Å². The van der Waals surface area contributed by atoms with Crippen molar-refractivity contribution in [1.82, 2.24) is 9.88 Å². The molecule has 1 fully saturated rings. The summed E-state index contributed by atoms with van der Waals surface area (Å²) in [5, 5.41) is 12.2. The molecule has 1 aromatic heterocycles. The van der Waals surface area contributed by atoms with Crippen molar-refractivity contribution in [2.24, 2.45) is 0 Å². The van der Waals surface area contributed by atoms with Crippen molar-refractivity contribution in [1.29, 1.82) is 0 Å². The van der Waals surface area contributed by atoms with Gasteiger partial charge in [-0.15, -0.1) is 0 Å². The van der Waals surface area contributed by atoms with E-state index < -0.39 is 51.1 Å². The zero-order valence-corrected chi connectivity index (χ0v) is 18.0. The molecular formula is C23H21F4N3O3. The maximum absolute atomic E-state index is 16.0. The van der Waals surface area contributed by atoms with Gasteiger partial charge in [0.15, 0.2) is 11.6 Å². The smallest absolute Gasteiger partial charge is 0.341 e. The van der Waals surface area contributed by atoms with Crippen LogP contribution in [-0.4, -0.2) is 40.8 Å². The van der Waals surface area contributed by atoms with Gasteiger partial charge in [-0.2, -0.15) is 0 Å². The second kappa shape index (κ2) is 8.18. The van der Waals surface area contributed by atoms with E-state index in [1.54, 1.807) is 0 Å². The van der Waals surface area contributed by atoms with Crippen molar-refractivity contribution in [3.05, 3.63) is 69.0 Å². The van der Waals surface area contributed by atoms with Crippen LogP contribution in [0.15, 0.2) is 29.2 Å². The fourth-order valence-electron chi connectivity index (χ4n) is 4.48. The van der Waals surface area contributed by atoms with Crippen LogP contribution in [0.3, 0.4) is 0 Å². The lowest BCUT2D eigenvalue weighted by atomic mass is 10.0. The molecule has 2 N–H and O–H groups in total. The Balaban J connectivity index is 2.15. The highest BCUT2D eigenvalue weighted by Crippen LogP contribution is 2.35. The molecule has 174 valence electrons. The van der Waals surface area contributed by atoms with E-state index in [1.165, 1.54) is 11.8 Å². The van der Waals surface area contributed by atoms with Crippen LogP contribution in [0.1, 0.15) is 29.8 Å². The molecule has 10 heteroatoms. The van der Waals surface area contributed by atoms with Crippen LogP contribution in [0.2, 0.25) is 0 Å². The van der Waals surface area contributed by atoms with E-state index >= 15 is 8.78 Å². The third kappa shape index (κ3) is 3.74. The number of benzene rings is 2. The number of anilines is 1. The van der Waals surface area contributed by atoms with Crippen molar-refractivity contribution in [3.8, 4) is 5.69 Å². The number of fused-ring (bicyclic) bond motifs is 1. The van der Waals surface area contributed by atoms with Crippen LogP contribution >= 0.6 is 0 Å². The van der Waals surface area contributed by atoms with Crippen molar-refractivity contribution < 1.29 is 27.5 Å². The van der Waals surface area contributed by atoms with Crippen LogP contribution in [-0.2, 0) is 0 Å². The van der Waals surface area contributed by atoms with E-state index in [1.807, 2.05) is 13.8 Å². The first-order chi connectivity index (χ1) is 15.5. The number of aryl methyl sites for hydroxylation is 1. The Labute approximate surface area is 186 Å². The number of carboxylic acids is 1. The van der Waals surface area contributed by atoms with Crippen LogP contribution in [0.5, 0.6) is 0 Å². The van der Waals surface area contributed by atoms with Gasteiger partial charge in [0.25, 0.3) is 0 Å². The zero-order valence-electron chi connectivity index (χ0n) is 18.0. The van der Waals surface area contributed by atoms with Crippen LogP contribution in [0.25, 0.3) is 16.6 Å². The number of aromatic carboxylic acids is 1. The summed E-state index contributed by atoms with van der Waals surface area (Å²) in [5.74, 6) is -5.78. The van der Waals surface area contributed by atoms with Crippen molar-refractivity contribution >= 4 is 22.6 Å². The zero-order chi connectivity index (χ0) is 24.2. The van der Waals surface area contributed by atoms with Crippen molar-refractivity contribution in [2.75, 3.05) is 18.0 Å². The lowest BCUT2D eigenvalue weighted by Gasteiger charge is -2.38. The Morgan fingerprint density at radius 1 is 1.09 bits per heavy atom. The minimum Gasteiger partial charge on any atom is -0.477 e. The summed E-state index contributed by atoms with van der Waals surface area (Å²) in [4.78, 5) is 26.1. The topological polar surface area (TPSA) is 74.6 Å². The number of pyridine rings is 1. The van der Waals surface area contributed by atoms with Crippen LogP contribution in [0.4, 0.5) is 23.2 Å². The first-order valence-electron chi connectivity index (χ1n) is 10.3. The van der Waals surface area contributed by atoms with Gasteiger partial charge in [-0.3, -0.25) is 4.79 Å². The molecule has 0 amide bonds. The highest BCUT2D eigenvalue weighted by atomic mass is 19.1. The molecule has 1 saturated heterocycles. The molecule has 3 aromatic rings. The summed E-state index contributed by atoms with van der Waals surface area (Å²) in [6.45, 7) is 5.50. The fourth-order valence-corrected chi connectivity index (χ4v) is 4.48. The maximum atomic E-state index is 16.0. The minimum absolute atomic E-state index is 0.0883. The molecule has 0 unspecified atom stereocenters. The summed E-state index contributed by atoms with van der Waals surface area (Å²) in [7, 11) is 0. The number of hydrogen-bond acceptors (Lipinski definition) is 4. The molecule has 2 heterocycles. The van der Waals surface area contributed by atoms with Gasteiger partial charge >= 0.3 is 5.97 Å². The summed E-state index contributed by atoms with van der Waals surface area (Å²) >= 11 is 0. The molecule has 6 nitrogen and oxygen atoms in total. The third-order valence-electron chi connectivity index (χ3n) is 5.81. The molecule has 1 aliphatic heterocycles. The van der Waals surface area contributed by atoms with E-state index in [4.69, 9.17) is 0 Å². The molecular weight excluding hydrogens is 442 g/mol. The monoisotopic (exact) mass is 463 g/mol. The predicted octanol–water partition coefficient (Wildman–Crippen LogP) is 3.74. The van der Waals surface area contributed by atoms with Gasteiger partial charge in [0.2, 0.25) is 5.43 Å². The molecule has 0 radical (unpaired) electrons. The summed E-state index contributed by atoms with van der Waals surface area (Å²) in [6.07, 6.45) is 0.774. The van der Waals surface area contributed by atoms with Gasteiger partial charge in [0.1, 0.15) is 22.9 Å². The van der Waals surface area contributed by atoms with Gasteiger partial charge in [-0.1, -0.05) is 0 Å². The standard InChI is InChI=1S/C23H21F4N3O3/c1-10-7-29(8-11(2)28-10)21-18(26)12(3)17-20(19(21)27)30(9-14(22(17)31)23(32)33)16-5-4-13(24)6-15(16)25/h4-6,9-11,28H,7-8H2,1-3H3,(H,32,33)/t10-,11+. The van der Waals surface area contributed by atoms with Gasteiger partial charge in [0, 0.05) is 43.0 Å². The van der Waals surface area contributed by atoms with Gasteiger partial charge in [-0.25, -0.2) is 22.4 Å². The second-order valence-electron chi connectivity index (χ2n) is 8.34. The number of aromatic nitrogens is 1. The van der Waals surface area contributed by atoms with E-state index in [9.17, 15) is 23.5 Å². The first-order valence-corrected chi connectivity index (χ1v) is 10.3. The highest BCUT2D eigenvalue weighted by Gasteiger charge is 2.31. The molecule has 4 rings (SSSR count). The van der Waals surface area contributed by atoms with Crippen molar-refractivity contribution in [3.63, 3.8) is 0 Å². The number of rotatable bonds is 3. The van der Waals surface area contributed by atoms with E-state index in [2.05, 4.69) is 5.32 Å². The number of carbonyl (C=O) groups is 1. The fraction of sp³-hybridized carbons (Fsp3) is 0.304. The average molecular weight is 463 g/mol. The molecule has 0 saturated carbocycles. The SMILES string of the molecule is Cc1c(F)c(N2C[C@@H](C)N[C@@H](C)C2)c(F)c2c1c(=O)c(C(=O)O)cn2-c1ccc(F)cc1F. The lowest BCUT2D eigenvalue weighted by Crippen LogP contribution is -2.54. The number of hydrogen-bond donors (Lipinski definition) is 2. The number of nitrogens with zero attached hydrogens (tertiary/aromatic N) is 2. The molecule has 1 aliphatic rings. The lowest BCUT2D eigenvalue weighted by molar-refractivity contribution is 0.0695. The third-order valence-corrected chi connectivity index (χ3v) is 5.81. The molecule has 0 spiro atoms. The highest BCUT2D eigenvalue weighted by molar-refractivity contribution is 5.96. The van der Waals surface area contributed by atoms with E-state index in [0.29, 0.717) is 6.07 Å². The molecule has 0 aliphatic carbocycles. The van der Waals surface area contributed by atoms with Gasteiger partial charge in [0.05, 0.1) is 16.6 Å². The van der Waals surface area contributed by atoms with Crippen LogP contribution in [0, 0.1) is 30.2 Å². The summed E-state index contributed by atoms with van der Waals surface area (Å²) < 4.78 is 60.5. The van der Waals surface area contributed by atoms with Gasteiger partial charge < -0.3 is 19.9 Å². The quantitative estimate of drug-likeness (QED) is 0.579. The number of nitrogens with one attached hydrogen (secondary N) is 1. The average Bonchev–Trinajstić information content (AvgIpc) is 2.71. The normalized spacial score (nSPS) is 18.7.